The maximum Gasteiger partial charge on any atom is 0.0809 e. The third-order valence-electron chi connectivity index (χ3n) is 13.8. The van der Waals surface area contributed by atoms with E-state index in [-0.39, 0.29) is 7.43 Å². The van der Waals surface area contributed by atoms with Gasteiger partial charge >= 0.3 is 0 Å². The molecule has 10 rings (SSSR count). The zero-order valence-corrected chi connectivity index (χ0v) is 24.7. The summed E-state index contributed by atoms with van der Waals surface area (Å²) in [7, 11) is 0. The highest BCUT2D eigenvalue weighted by atomic mass is 16.5. The summed E-state index contributed by atoms with van der Waals surface area (Å²) >= 11 is 0. The van der Waals surface area contributed by atoms with Crippen molar-refractivity contribution in [2.24, 2.45) is 82.9 Å². The molecule has 0 aromatic heterocycles. The molecule has 0 aromatic carbocycles. The van der Waals surface area contributed by atoms with E-state index in [2.05, 4.69) is 38.2 Å². The fourth-order valence-electron chi connectivity index (χ4n) is 12.6. The van der Waals surface area contributed by atoms with Crippen LogP contribution in [-0.2, 0) is 14.2 Å². The molecule has 3 heteroatoms. The van der Waals surface area contributed by atoms with Crippen LogP contribution in [0.5, 0.6) is 0 Å². The van der Waals surface area contributed by atoms with Crippen molar-refractivity contribution >= 4 is 0 Å². The second-order valence-electron chi connectivity index (χ2n) is 15.7. The Kier molecular flexibility index (Phi) is 8.06. The fraction of sp³-hybridized carbons (Fsp3) is 0.892. The fourth-order valence-corrected chi connectivity index (χ4v) is 12.6. The van der Waals surface area contributed by atoms with Gasteiger partial charge in [0.05, 0.1) is 18.8 Å². The molecule has 0 N–H and O–H groups in total. The van der Waals surface area contributed by atoms with Crippen molar-refractivity contribution in [2.75, 3.05) is 26.4 Å². The second-order valence-corrected chi connectivity index (χ2v) is 15.7. The summed E-state index contributed by atoms with van der Waals surface area (Å²) in [6.07, 6.45) is 25.2. The van der Waals surface area contributed by atoms with Gasteiger partial charge in [-0.1, -0.05) is 38.7 Å². The number of ether oxygens (including phenoxy) is 3. The van der Waals surface area contributed by atoms with Crippen molar-refractivity contribution in [1.29, 1.82) is 0 Å². The summed E-state index contributed by atoms with van der Waals surface area (Å²) in [5.41, 5.74) is 0. The number of fused-ring (bicyclic) bond motifs is 18. The normalized spacial score (nSPS) is 54.2. The lowest BCUT2D eigenvalue weighted by Crippen LogP contribution is -2.33. The van der Waals surface area contributed by atoms with E-state index in [1.165, 1.54) is 51.4 Å². The van der Waals surface area contributed by atoms with Gasteiger partial charge in [-0.2, -0.15) is 0 Å². The van der Waals surface area contributed by atoms with Crippen LogP contribution in [-0.4, -0.2) is 38.6 Å². The summed E-state index contributed by atoms with van der Waals surface area (Å²) in [6, 6.07) is 0. The maximum absolute atomic E-state index is 6.04. The van der Waals surface area contributed by atoms with Crippen LogP contribution in [0.4, 0.5) is 0 Å². The van der Waals surface area contributed by atoms with Crippen LogP contribution < -0.4 is 0 Å². The van der Waals surface area contributed by atoms with Gasteiger partial charge in [0.15, 0.2) is 0 Å². The van der Waals surface area contributed by atoms with Crippen LogP contribution in [0.2, 0.25) is 0 Å². The highest BCUT2D eigenvalue weighted by Gasteiger charge is 2.61. The molecule has 2 aliphatic heterocycles. The lowest BCUT2D eigenvalue weighted by molar-refractivity contribution is -0.0107. The molecule has 16 unspecified atom stereocenters. The Morgan fingerprint density at radius 2 is 1.23 bits per heavy atom. The summed E-state index contributed by atoms with van der Waals surface area (Å²) in [6.45, 7) is 8.39. The molecule has 10 aliphatic rings. The third kappa shape index (κ3) is 4.81. The largest absolute Gasteiger partial charge is 0.379 e. The van der Waals surface area contributed by atoms with Crippen molar-refractivity contribution in [3.8, 4) is 0 Å². The minimum Gasteiger partial charge on any atom is -0.379 e. The van der Waals surface area contributed by atoms with Crippen molar-refractivity contribution in [3.63, 3.8) is 0 Å². The Hall–Kier alpha value is -0.640. The summed E-state index contributed by atoms with van der Waals surface area (Å²) in [4.78, 5) is 0. The molecular weight excluding hydrogens is 492 g/mol. The number of rotatable bonds is 4. The van der Waals surface area contributed by atoms with Gasteiger partial charge in [-0.25, -0.2) is 0 Å². The molecule has 40 heavy (non-hydrogen) atoms. The molecule has 8 bridgehead atoms. The monoisotopic (exact) mass is 550 g/mol. The molecule has 8 fully saturated rings. The van der Waals surface area contributed by atoms with Crippen molar-refractivity contribution in [1.82, 2.24) is 0 Å². The average molecular weight is 551 g/mol. The number of hydrogen-bond donors (Lipinski definition) is 0. The SMILES string of the molecule is C.C1=CC2CC1C1C3CC(COCC4CCCO4)C(C3)C21.CC1CC2CC1C1C3C=CC(C3)C21.CC1CCCO1. The first-order chi connectivity index (χ1) is 19.1. The standard InChI is InChI=1S/C18H26O2.C13H18.C5H10O.CH4/c1-2-15(20-5-1)10-19-9-14-7-13-8-16(14)18-12-4-3-11(6-12)17(13)18;1-7-4-10-6-11(7)13-9-3-2-8(5-9)12(10)13;1-5-3-2-4-6-5;/h3-4,11-18H,1-2,5-10H2;2-3,7-13H,4-6H2,1H3;5H,2-4H2,1H3;1H4. The van der Waals surface area contributed by atoms with Gasteiger partial charge in [-0.3, -0.25) is 0 Å². The van der Waals surface area contributed by atoms with E-state index in [0.29, 0.717) is 12.2 Å². The van der Waals surface area contributed by atoms with Crippen LogP contribution in [0.15, 0.2) is 24.3 Å². The molecule has 0 spiro atoms. The first-order valence-electron chi connectivity index (χ1n) is 17.3. The van der Waals surface area contributed by atoms with Crippen molar-refractivity contribution in [3.05, 3.63) is 24.3 Å². The molecule has 3 nitrogen and oxygen atoms in total. The minimum atomic E-state index is 0. The molecule has 0 aromatic rings. The summed E-state index contributed by atoms with van der Waals surface area (Å²) in [5.74, 6) is 14.4. The van der Waals surface area contributed by atoms with Crippen molar-refractivity contribution < 1.29 is 14.2 Å². The predicted octanol–water partition coefficient (Wildman–Crippen LogP) is 8.20. The first-order valence-corrected chi connectivity index (χ1v) is 17.3. The molecule has 2 saturated heterocycles. The van der Waals surface area contributed by atoms with Gasteiger partial charge in [-0.15, -0.1) is 0 Å². The van der Waals surface area contributed by atoms with Crippen LogP contribution >= 0.6 is 0 Å². The second kappa shape index (κ2) is 11.5. The molecule has 16 atom stereocenters. The smallest absolute Gasteiger partial charge is 0.0809 e. The van der Waals surface area contributed by atoms with Gasteiger partial charge in [0.25, 0.3) is 0 Å². The minimum absolute atomic E-state index is 0. The van der Waals surface area contributed by atoms with E-state index in [4.69, 9.17) is 14.2 Å². The van der Waals surface area contributed by atoms with Crippen LogP contribution in [0.25, 0.3) is 0 Å². The highest BCUT2D eigenvalue weighted by molar-refractivity contribution is 5.21. The Labute approximate surface area is 245 Å². The van der Waals surface area contributed by atoms with E-state index in [1.807, 2.05) is 0 Å². The zero-order valence-electron chi connectivity index (χ0n) is 24.7. The Bertz CT molecular complexity index is 930. The van der Waals surface area contributed by atoms with E-state index in [1.54, 1.807) is 12.8 Å². The van der Waals surface area contributed by atoms with Gasteiger partial charge in [0, 0.05) is 19.8 Å². The Morgan fingerprint density at radius 1 is 0.625 bits per heavy atom. The van der Waals surface area contributed by atoms with E-state index in [9.17, 15) is 0 Å². The topological polar surface area (TPSA) is 27.7 Å². The first kappa shape index (κ1) is 28.1. The van der Waals surface area contributed by atoms with Crippen LogP contribution in [0, 0.1) is 82.9 Å². The van der Waals surface area contributed by atoms with Crippen molar-refractivity contribution in [2.45, 2.75) is 97.7 Å². The van der Waals surface area contributed by atoms with Gasteiger partial charge < -0.3 is 14.2 Å². The number of hydrogen-bond acceptors (Lipinski definition) is 3. The summed E-state index contributed by atoms with van der Waals surface area (Å²) < 4.78 is 16.8. The molecule has 0 amide bonds. The number of allylic oxidation sites excluding steroid dienone is 4. The molecule has 8 aliphatic carbocycles. The molecular formula is C37H58O3. The molecule has 6 saturated carbocycles. The predicted molar refractivity (Wildman–Crippen MR) is 162 cm³/mol. The quantitative estimate of drug-likeness (QED) is 0.261. The van der Waals surface area contributed by atoms with Gasteiger partial charge in [0.1, 0.15) is 0 Å². The molecule has 224 valence electrons. The third-order valence-corrected chi connectivity index (χ3v) is 13.8. The molecule has 2 heterocycles. The van der Waals surface area contributed by atoms with E-state index >= 15 is 0 Å². The lowest BCUT2D eigenvalue weighted by atomic mass is 9.69. The maximum atomic E-state index is 6.04. The van der Waals surface area contributed by atoms with Gasteiger partial charge in [-0.05, 0) is 154 Å². The Balaban J connectivity index is 0.000000113. The van der Waals surface area contributed by atoms with E-state index in [0.717, 1.165) is 109 Å². The Morgan fingerprint density at radius 3 is 1.82 bits per heavy atom. The van der Waals surface area contributed by atoms with Gasteiger partial charge in [0.2, 0.25) is 0 Å². The highest BCUT2D eigenvalue weighted by Crippen LogP contribution is 2.68. The summed E-state index contributed by atoms with van der Waals surface area (Å²) in [5, 5.41) is 0. The van der Waals surface area contributed by atoms with Crippen LogP contribution in [0.1, 0.15) is 85.5 Å². The average Bonchev–Trinajstić information content (AvgIpc) is 3.78. The van der Waals surface area contributed by atoms with Crippen LogP contribution in [0.3, 0.4) is 0 Å². The lowest BCUT2D eigenvalue weighted by Gasteiger charge is -2.36. The van der Waals surface area contributed by atoms with E-state index < -0.39 is 0 Å². The zero-order chi connectivity index (χ0) is 26.1. The molecule has 0 radical (unpaired) electrons.